The van der Waals surface area contributed by atoms with Gasteiger partial charge in [-0.25, -0.2) is 0 Å². The summed E-state index contributed by atoms with van der Waals surface area (Å²) >= 11 is 0. The topological polar surface area (TPSA) is 16.4 Å². The standard InChI is InChI=1S/C70H47NO/c1-69(2)59-25-11-6-19-51(59)55-38-37-49(43-64(55)69)71(48-35-31-45(32-36-48)44-17-4-3-5-18-44)65-40-34-46(50-24-16-30-67-68(50)56-23-10-15-29-66(56)72-67)41-57(65)47-33-39-63-58(42-47)54-22-9-14-28-62(54)70(63)60-26-12-7-20-52(60)53-21-8-13-27-61(53)70/h3-43H,1-2H3. The lowest BCUT2D eigenvalue weighted by atomic mass is 9.70. The first-order valence-electron chi connectivity index (χ1n) is 25.2. The summed E-state index contributed by atoms with van der Waals surface area (Å²) in [6.45, 7) is 4.74. The highest BCUT2D eigenvalue weighted by molar-refractivity contribution is 6.13. The monoisotopic (exact) mass is 917 g/mol. The van der Waals surface area contributed by atoms with E-state index in [2.05, 4.69) is 267 Å². The van der Waals surface area contributed by atoms with E-state index < -0.39 is 5.41 Å². The first-order valence-corrected chi connectivity index (χ1v) is 25.2. The number of furan rings is 1. The minimum Gasteiger partial charge on any atom is -0.456 e. The van der Waals surface area contributed by atoms with Crippen LogP contribution in [0.1, 0.15) is 47.2 Å². The number of hydrogen-bond acceptors (Lipinski definition) is 2. The molecule has 0 unspecified atom stereocenters. The second-order valence-corrected chi connectivity index (χ2v) is 20.3. The zero-order valence-electron chi connectivity index (χ0n) is 40.0. The molecule has 3 aliphatic rings. The maximum atomic E-state index is 6.50. The van der Waals surface area contributed by atoms with Gasteiger partial charge in [0.1, 0.15) is 11.2 Å². The number of anilines is 3. The fraction of sp³-hybridized carbons (Fsp3) is 0.0571. The van der Waals surface area contributed by atoms with Crippen LogP contribution < -0.4 is 4.90 Å². The summed E-state index contributed by atoms with van der Waals surface area (Å²) in [5.41, 5.74) is 27.3. The molecule has 0 aliphatic heterocycles. The van der Waals surface area contributed by atoms with Crippen LogP contribution in [0.15, 0.2) is 253 Å². The van der Waals surface area contributed by atoms with Crippen LogP contribution in [0.3, 0.4) is 0 Å². The van der Waals surface area contributed by atoms with Gasteiger partial charge in [-0.15, -0.1) is 0 Å². The number of benzene rings is 11. The number of fused-ring (bicyclic) bond motifs is 16. The quantitative estimate of drug-likeness (QED) is 0.165. The molecule has 0 atom stereocenters. The summed E-state index contributed by atoms with van der Waals surface area (Å²) in [4.78, 5) is 2.49. The maximum Gasteiger partial charge on any atom is 0.136 e. The molecule has 11 aromatic carbocycles. The summed E-state index contributed by atoms with van der Waals surface area (Å²) in [6, 6.07) is 92.4. The van der Waals surface area contributed by atoms with Gasteiger partial charge >= 0.3 is 0 Å². The van der Waals surface area contributed by atoms with Crippen LogP contribution in [0, 0.1) is 0 Å². The Hall–Kier alpha value is -8.98. The SMILES string of the molecule is CC1(C)c2ccccc2-c2ccc(N(c3ccc(-c4ccccc4)cc3)c3ccc(-c4cccc5oc6ccccc6c45)cc3-c3ccc4c(c3)-c3ccccc3C43c4ccccc4-c4ccccc43)cc21. The van der Waals surface area contributed by atoms with Crippen molar-refractivity contribution in [1.29, 1.82) is 0 Å². The Labute approximate surface area is 419 Å². The molecule has 0 saturated heterocycles. The molecule has 2 heteroatoms. The van der Waals surface area contributed by atoms with Gasteiger partial charge < -0.3 is 9.32 Å². The minimum absolute atomic E-state index is 0.176. The van der Waals surface area contributed by atoms with Crippen molar-refractivity contribution in [2.75, 3.05) is 4.90 Å². The van der Waals surface area contributed by atoms with E-state index in [4.69, 9.17) is 4.42 Å². The number of para-hydroxylation sites is 1. The third-order valence-corrected chi connectivity index (χ3v) is 16.3. The highest BCUT2D eigenvalue weighted by Gasteiger charge is 2.51. The van der Waals surface area contributed by atoms with Gasteiger partial charge in [0.2, 0.25) is 0 Å². The number of hydrogen-bond donors (Lipinski definition) is 0. The van der Waals surface area contributed by atoms with Crippen molar-refractivity contribution in [3.05, 3.63) is 282 Å². The Balaban J connectivity index is 0.994. The van der Waals surface area contributed by atoms with Gasteiger partial charge in [-0.1, -0.05) is 208 Å². The summed E-state index contributed by atoms with van der Waals surface area (Å²) < 4.78 is 6.50. The summed E-state index contributed by atoms with van der Waals surface area (Å²) in [5, 5.41) is 2.25. The fourth-order valence-electron chi connectivity index (χ4n) is 13.1. The van der Waals surface area contributed by atoms with Crippen molar-refractivity contribution in [2.45, 2.75) is 24.7 Å². The molecule has 0 fully saturated rings. The first kappa shape index (κ1) is 40.9. The van der Waals surface area contributed by atoms with Gasteiger partial charge in [0.05, 0.1) is 11.1 Å². The third kappa shape index (κ3) is 5.66. The number of rotatable bonds is 6. The highest BCUT2D eigenvalue weighted by atomic mass is 16.3. The lowest BCUT2D eigenvalue weighted by Crippen LogP contribution is -2.25. The molecule has 1 heterocycles. The van der Waals surface area contributed by atoms with Gasteiger partial charge in [-0.3, -0.25) is 0 Å². The smallest absolute Gasteiger partial charge is 0.136 e. The van der Waals surface area contributed by atoms with E-state index >= 15 is 0 Å². The lowest BCUT2D eigenvalue weighted by Gasteiger charge is -2.31. The normalized spacial score (nSPS) is 13.9. The molecular weight excluding hydrogens is 871 g/mol. The van der Waals surface area contributed by atoms with Gasteiger partial charge in [0, 0.05) is 33.1 Å². The van der Waals surface area contributed by atoms with E-state index in [9.17, 15) is 0 Å². The van der Waals surface area contributed by atoms with Crippen molar-refractivity contribution >= 4 is 39.0 Å². The Morgan fingerprint density at radius 3 is 1.51 bits per heavy atom. The summed E-state index contributed by atoms with van der Waals surface area (Å²) in [5.74, 6) is 0. The van der Waals surface area contributed by atoms with Gasteiger partial charge in [0.15, 0.2) is 0 Å². The molecule has 12 aromatic rings. The molecule has 0 N–H and O–H groups in total. The summed E-state index contributed by atoms with van der Waals surface area (Å²) in [7, 11) is 0. The van der Waals surface area contributed by atoms with Crippen LogP contribution in [-0.4, -0.2) is 0 Å². The van der Waals surface area contributed by atoms with Gasteiger partial charge in [0.25, 0.3) is 0 Å². The number of nitrogens with zero attached hydrogens (tertiary/aromatic N) is 1. The van der Waals surface area contributed by atoms with E-state index in [1.54, 1.807) is 0 Å². The van der Waals surface area contributed by atoms with Gasteiger partial charge in [-0.05, 0) is 149 Å². The molecule has 1 spiro atoms. The minimum atomic E-state index is -0.429. The van der Waals surface area contributed by atoms with E-state index in [0.29, 0.717) is 0 Å². The van der Waals surface area contributed by atoms with Crippen LogP contribution in [0.2, 0.25) is 0 Å². The Kier molecular flexibility index (Phi) is 8.66. The van der Waals surface area contributed by atoms with Crippen molar-refractivity contribution in [2.24, 2.45) is 0 Å². The second kappa shape index (κ2) is 15.3. The average molecular weight is 918 g/mol. The van der Waals surface area contributed by atoms with Crippen LogP contribution in [0.4, 0.5) is 17.1 Å². The molecular formula is C70H47NO. The first-order chi connectivity index (χ1) is 35.5. The molecule has 72 heavy (non-hydrogen) atoms. The lowest BCUT2D eigenvalue weighted by molar-refractivity contribution is 0.660. The molecule has 1 aromatic heterocycles. The maximum absolute atomic E-state index is 6.50. The van der Waals surface area contributed by atoms with E-state index in [1.165, 1.54) is 77.9 Å². The Morgan fingerprint density at radius 1 is 0.306 bits per heavy atom. The van der Waals surface area contributed by atoms with E-state index in [-0.39, 0.29) is 5.41 Å². The van der Waals surface area contributed by atoms with Gasteiger partial charge in [-0.2, -0.15) is 0 Å². The molecule has 2 nitrogen and oxygen atoms in total. The molecule has 338 valence electrons. The van der Waals surface area contributed by atoms with E-state index in [0.717, 1.165) is 61.3 Å². The van der Waals surface area contributed by atoms with Crippen LogP contribution in [0.5, 0.6) is 0 Å². The van der Waals surface area contributed by atoms with Crippen LogP contribution in [-0.2, 0) is 10.8 Å². The van der Waals surface area contributed by atoms with E-state index in [1.807, 2.05) is 0 Å². The van der Waals surface area contributed by atoms with Crippen molar-refractivity contribution in [3.63, 3.8) is 0 Å². The van der Waals surface area contributed by atoms with Crippen molar-refractivity contribution in [3.8, 4) is 66.8 Å². The van der Waals surface area contributed by atoms with Crippen molar-refractivity contribution < 1.29 is 4.42 Å². The molecule has 3 aliphatic carbocycles. The Bertz CT molecular complexity index is 4150. The predicted octanol–water partition coefficient (Wildman–Crippen LogP) is 18.7. The fourth-order valence-corrected chi connectivity index (χ4v) is 13.1. The second-order valence-electron chi connectivity index (χ2n) is 20.3. The summed E-state index contributed by atoms with van der Waals surface area (Å²) in [6.07, 6.45) is 0. The van der Waals surface area contributed by atoms with Crippen LogP contribution in [0.25, 0.3) is 88.7 Å². The average Bonchev–Trinajstić information content (AvgIpc) is 4.14. The van der Waals surface area contributed by atoms with Crippen LogP contribution >= 0.6 is 0 Å². The third-order valence-electron chi connectivity index (χ3n) is 16.3. The molecule has 0 amide bonds. The highest BCUT2D eigenvalue weighted by Crippen LogP contribution is 2.63. The predicted molar refractivity (Wildman–Crippen MR) is 299 cm³/mol. The van der Waals surface area contributed by atoms with Crippen molar-refractivity contribution in [1.82, 2.24) is 0 Å². The zero-order valence-corrected chi connectivity index (χ0v) is 40.0. The molecule has 0 bridgehead atoms. The molecule has 15 rings (SSSR count). The molecule has 0 radical (unpaired) electrons. The Morgan fingerprint density at radius 2 is 0.792 bits per heavy atom. The molecule has 0 saturated carbocycles. The largest absolute Gasteiger partial charge is 0.456 e. The zero-order chi connectivity index (χ0) is 47.7.